The topological polar surface area (TPSA) is 35.5 Å². The van der Waals surface area contributed by atoms with Gasteiger partial charge in [-0.2, -0.15) is 0 Å². The molecule has 2 fully saturated rings. The molecule has 3 nitrogen and oxygen atoms in total. The number of benzene rings is 1. The molecule has 1 aromatic carbocycles. The van der Waals surface area contributed by atoms with Gasteiger partial charge in [-0.25, -0.2) is 0 Å². The predicted octanol–water partition coefficient (Wildman–Crippen LogP) is 3.06. The highest BCUT2D eigenvalue weighted by atomic mass is 79.9. The quantitative estimate of drug-likeness (QED) is 0.801. The lowest BCUT2D eigenvalue weighted by molar-refractivity contribution is -0.195. The van der Waals surface area contributed by atoms with Crippen LogP contribution in [0.5, 0.6) is 0 Å². The minimum atomic E-state index is -0.381. The molecule has 2 aliphatic rings. The Hall–Kier alpha value is -0.870. The monoisotopic (exact) mass is 324 g/mol. The molecule has 0 aromatic heterocycles. The molecule has 0 N–H and O–H groups in total. The van der Waals surface area contributed by atoms with Gasteiger partial charge in [0, 0.05) is 4.47 Å². The van der Waals surface area contributed by atoms with E-state index in [4.69, 9.17) is 9.47 Å². The Kier molecular flexibility index (Phi) is 3.18. The smallest absolute Gasteiger partial charge is 0.312 e. The van der Waals surface area contributed by atoms with Crippen LogP contribution < -0.4 is 0 Å². The highest BCUT2D eigenvalue weighted by Crippen LogP contribution is 2.59. The van der Waals surface area contributed by atoms with Gasteiger partial charge in [-0.05, 0) is 30.5 Å². The average Bonchev–Trinajstić information content (AvgIpc) is 2.32. The van der Waals surface area contributed by atoms with Crippen molar-refractivity contribution >= 4 is 21.9 Å². The molecule has 1 aliphatic heterocycles. The number of esters is 1. The van der Waals surface area contributed by atoms with Crippen LogP contribution in [0.2, 0.25) is 0 Å². The van der Waals surface area contributed by atoms with Gasteiger partial charge in [0.15, 0.2) is 0 Å². The molecule has 4 heteroatoms. The molecule has 19 heavy (non-hydrogen) atoms. The summed E-state index contributed by atoms with van der Waals surface area (Å²) in [7, 11) is 1.48. The lowest BCUT2D eigenvalue weighted by Gasteiger charge is -2.58. The van der Waals surface area contributed by atoms with Gasteiger partial charge in [0.1, 0.15) is 0 Å². The third-order valence-corrected chi connectivity index (χ3v) is 5.32. The van der Waals surface area contributed by atoms with E-state index in [9.17, 15) is 4.79 Å². The zero-order chi connectivity index (χ0) is 13.5. The van der Waals surface area contributed by atoms with Gasteiger partial charge >= 0.3 is 5.97 Å². The maximum absolute atomic E-state index is 12.3. The molecule has 3 rings (SSSR count). The van der Waals surface area contributed by atoms with Gasteiger partial charge in [0.05, 0.1) is 31.2 Å². The summed E-state index contributed by atoms with van der Waals surface area (Å²) in [4.78, 5) is 12.3. The van der Waals surface area contributed by atoms with Crippen LogP contribution in [-0.4, -0.2) is 26.3 Å². The minimum Gasteiger partial charge on any atom is -0.469 e. The van der Waals surface area contributed by atoms with Crippen LogP contribution in [0, 0.1) is 5.41 Å². The number of halogens is 1. The first-order valence-electron chi connectivity index (χ1n) is 6.57. The second-order valence-corrected chi connectivity index (χ2v) is 6.42. The molecule has 0 unspecified atom stereocenters. The van der Waals surface area contributed by atoms with Gasteiger partial charge in [0.2, 0.25) is 0 Å². The number of hydrogen-bond acceptors (Lipinski definition) is 3. The van der Waals surface area contributed by atoms with E-state index in [1.54, 1.807) is 0 Å². The molecule has 1 heterocycles. The first-order valence-corrected chi connectivity index (χ1v) is 7.36. The second kappa shape index (κ2) is 4.60. The van der Waals surface area contributed by atoms with E-state index in [0.717, 1.165) is 23.7 Å². The standard InChI is InChI=1S/C15H17BrO3/c1-18-13(17)14(7-2-8-14)15(9-19-10-15)11-3-5-12(16)6-4-11/h3-6H,2,7-10H2,1H3. The van der Waals surface area contributed by atoms with Crippen molar-refractivity contribution < 1.29 is 14.3 Å². The Morgan fingerprint density at radius 1 is 1.26 bits per heavy atom. The molecule has 0 amide bonds. The number of rotatable bonds is 3. The van der Waals surface area contributed by atoms with Crippen LogP contribution in [0.4, 0.5) is 0 Å². The summed E-state index contributed by atoms with van der Waals surface area (Å²) >= 11 is 3.45. The molecular weight excluding hydrogens is 308 g/mol. The van der Waals surface area contributed by atoms with Crippen molar-refractivity contribution in [3.05, 3.63) is 34.3 Å². The van der Waals surface area contributed by atoms with E-state index in [1.165, 1.54) is 12.7 Å². The van der Waals surface area contributed by atoms with Crippen molar-refractivity contribution in [1.82, 2.24) is 0 Å². The van der Waals surface area contributed by atoms with E-state index in [-0.39, 0.29) is 16.8 Å². The summed E-state index contributed by atoms with van der Waals surface area (Å²) in [5, 5.41) is 0. The molecule has 0 bridgehead atoms. The van der Waals surface area contributed by atoms with Crippen molar-refractivity contribution in [3.63, 3.8) is 0 Å². The zero-order valence-electron chi connectivity index (χ0n) is 10.9. The van der Waals surface area contributed by atoms with Crippen LogP contribution in [0.3, 0.4) is 0 Å². The maximum atomic E-state index is 12.3. The van der Waals surface area contributed by atoms with Crippen LogP contribution in [0.15, 0.2) is 28.7 Å². The number of ether oxygens (including phenoxy) is 2. The van der Waals surface area contributed by atoms with Gasteiger partial charge in [-0.15, -0.1) is 0 Å². The first-order chi connectivity index (χ1) is 9.14. The SMILES string of the molecule is COC(=O)C1(C2(c3ccc(Br)cc3)COC2)CCC1. The van der Waals surface area contributed by atoms with Gasteiger partial charge in [-0.3, -0.25) is 4.79 Å². The summed E-state index contributed by atoms with van der Waals surface area (Å²) in [5.74, 6) is -0.0787. The molecule has 1 saturated carbocycles. The van der Waals surface area contributed by atoms with Gasteiger partial charge in [0.25, 0.3) is 0 Å². The summed E-state index contributed by atoms with van der Waals surface area (Å²) in [6, 6.07) is 8.24. The van der Waals surface area contributed by atoms with Gasteiger partial charge in [-0.1, -0.05) is 34.5 Å². The van der Waals surface area contributed by atoms with E-state index in [1.807, 2.05) is 12.1 Å². The average molecular weight is 325 g/mol. The zero-order valence-corrected chi connectivity index (χ0v) is 12.5. The molecule has 0 atom stereocenters. The lowest BCUT2D eigenvalue weighted by atomic mass is 9.49. The highest BCUT2D eigenvalue weighted by molar-refractivity contribution is 9.10. The fraction of sp³-hybridized carbons (Fsp3) is 0.533. The van der Waals surface area contributed by atoms with Crippen LogP contribution in [0.1, 0.15) is 24.8 Å². The number of carbonyl (C=O) groups is 1. The van der Waals surface area contributed by atoms with Crippen molar-refractivity contribution in [1.29, 1.82) is 0 Å². The Labute approximate surface area is 121 Å². The van der Waals surface area contributed by atoms with E-state index < -0.39 is 0 Å². The van der Waals surface area contributed by atoms with Gasteiger partial charge < -0.3 is 9.47 Å². The molecule has 102 valence electrons. The van der Waals surface area contributed by atoms with Crippen molar-refractivity contribution in [2.24, 2.45) is 5.41 Å². The van der Waals surface area contributed by atoms with E-state index in [0.29, 0.717) is 13.2 Å². The Morgan fingerprint density at radius 2 is 1.89 bits per heavy atom. The van der Waals surface area contributed by atoms with E-state index >= 15 is 0 Å². The molecule has 1 saturated heterocycles. The Balaban J connectivity index is 2.03. The first kappa shape index (κ1) is 13.1. The van der Waals surface area contributed by atoms with E-state index in [2.05, 4.69) is 28.1 Å². The number of hydrogen-bond donors (Lipinski definition) is 0. The second-order valence-electron chi connectivity index (χ2n) is 5.51. The third kappa shape index (κ3) is 1.69. The molecule has 1 aliphatic carbocycles. The Bertz CT molecular complexity index is 487. The van der Waals surface area contributed by atoms with Crippen molar-refractivity contribution in [3.8, 4) is 0 Å². The third-order valence-electron chi connectivity index (χ3n) is 4.79. The fourth-order valence-electron chi connectivity index (χ4n) is 3.40. The van der Waals surface area contributed by atoms with Crippen molar-refractivity contribution in [2.45, 2.75) is 24.7 Å². The lowest BCUT2D eigenvalue weighted by Crippen LogP contribution is -2.65. The summed E-state index contributed by atoms with van der Waals surface area (Å²) in [5.41, 5.74) is 0.611. The largest absolute Gasteiger partial charge is 0.469 e. The molecule has 0 radical (unpaired) electrons. The van der Waals surface area contributed by atoms with Crippen molar-refractivity contribution in [2.75, 3.05) is 20.3 Å². The van der Waals surface area contributed by atoms with Crippen LogP contribution in [0.25, 0.3) is 0 Å². The minimum absolute atomic E-state index is 0.0787. The maximum Gasteiger partial charge on any atom is 0.312 e. The number of methoxy groups -OCH3 is 1. The van der Waals surface area contributed by atoms with Crippen LogP contribution >= 0.6 is 15.9 Å². The summed E-state index contributed by atoms with van der Waals surface area (Å²) in [6.45, 7) is 1.23. The Morgan fingerprint density at radius 3 is 2.26 bits per heavy atom. The highest BCUT2D eigenvalue weighted by Gasteiger charge is 2.64. The summed E-state index contributed by atoms with van der Waals surface area (Å²) in [6.07, 6.45) is 2.89. The fourth-order valence-corrected chi connectivity index (χ4v) is 3.66. The predicted molar refractivity (Wildman–Crippen MR) is 74.9 cm³/mol. The number of carbonyl (C=O) groups excluding carboxylic acids is 1. The normalized spacial score (nSPS) is 23.1. The summed E-state index contributed by atoms with van der Waals surface area (Å²) < 4.78 is 11.6. The molecule has 0 spiro atoms. The molecular formula is C15H17BrO3. The molecule has 1 aromatic rings. The van der Waals surface area contributed by atoms with Crippen LogP contribution in [-0.2, 0) is 19.7 Å².